The van der Waals surface area contributed by atoms with E-state index in [0.717, 1.165) is 19.3 Å². The number of carbonyl (C=O) groups is 2. The fourth-order valence-corrected chi connectivity index (χ4v) is 2.98. The van der Waals surface area contributed by atoms with Gasteiger partial charge in [-0.1, -0.05) is 64.0 Å². The van der Waals surface area contributed by atoms with E-state index < -0.39 is 11.9 Å². The van der Waals surface area contributed by atoms with Crippen molar-refractivity contribution in [2.24, 2.45) is 0 Å². The smallest absolute Gasteiger partial charge is 0.342 e. The standard InChI is InChI=1S/C21H34O3/c1-3-4-5-6-7-8-9-10-11-12-13-14-15-16-17-19-18(2)20(22)24-21(19)23/h10-11H,3-9,12-17H2,1-2H3. The highest BCUT2D eigenvalue weighted by Crippen LogP contribution is 2.22. The van der Waals surface area contributed by atoms with Gasteiger partial charge in [-0.2, -0.15) is 0 Å². The maximum atomic E-state index is 11.5. The van der Waals surface area contributed by atoms with Crippen molar-refractivity contribution < 1.29 is 14.3 Å². The Hall–Kier alpha value is -1.38. The Kier molecular flexibility index (Phi) is 11.2. The largest absolute Gasteiger partial charge is 0.386 e. The molecule has 0 bridgehead atoms. The molecule has 0 saturated carbocycles. The first-order valence-electron chi connectivity index (χ1n) is 9.78. The summed E-state index contributed by atoms with van der Waals surface area (Å²) in [6, 6.07) is 0. The van der Waals surface area contributed by atoms with E-state index in [1.54, 1.807) is 6.92 Å². The molecule has 0 atom stereocenters. The molecule has 3 heteroatoms. The molecular formula is C21H34O3. The van der Waals surface area contributed by atoms with Gasteiger partial charge in [0.05, 0.1) is 0 Å². The number of hydrogen-bond donors (Lipinski definition) is 0. The van der Waals surface area contributed by atoms with Gasteiger partial charge in [0.15, 0.2) is 0 Å². The Morgan fingerprint density at radius 1 is 0.750 bits per heavy atom. The molecule has 0 aromatic heterocycles. The van der Waals surface area contributed by atoms with Crippen LogP contribution in [0.5, 0.6) is 0 Å². The lowest BCUT2D eigenvalue weighted by molar-refractivity contribution is -0.151. The van der Waals surface area contributed by atoms with Gasteiger partial charge in [-0.15, -0.1) is 0 Å². The van der Waals surface area contributed by atoms with Crippen LogP contribution < -0.4 is 0 Å². The van der Waals surface area contributed by atoms with Crippen molar-refractivity contribution in [1.82, 2.24) is 0 Å². The third-order valence-corrected chi connectivity index (χ3v) is 4.63. The quantitative estimate of drug-likeness (QED) is 0.168. The van der Waals surface area contributed by atoms with Crippen molar-refractivity contribution in [2.75, 3.05) is 0 Å². The van der Waals surface area contributed by atoms with Crippen LogP contribution in [-0.2, 0) is 14.3 Å². The molecule has 3 nitrogen and oxygen atoms in total. The van der Waals surface area contributed by atoms with Crippen LogP contribution in [0.3, 0.4) is 0 Å². The summed E-state index contributed by atoms with van der Waals surface area (Å²) in [6.45, 7) is 3.93. The van der Waals surface area contributed by atoms with Gasteiger partial charge in [0.25, 0.3) is 0 Å². The minimum Gasteiger partial charge on any atom is -0.386 e. The molecule has 0 aromatic rings. The summed E-state index contributed by atoms with van der Waals surface area (Å²) in [4.78, 5) is 22.7. The first-order chi connectivity index (χ1) is 11.7. The number of unbranched alkanes of at least 4 members (excludes halogenated alkanes) is 10. The zero-order valence-electron chi connectivity index (χ0n) is 15.6. The van der Waals surface area contributed by atoms with Crippen molar-refractivity contribution in [1.29, 1.82) is 0 Å². The Morgan fingerprint density at radius 2 is 1.29 bits per heavy atom. The van der Waals surface area contributed by atoms with E-state index in [2.05, 4.69) is 23.8 Å². The van der Waals surface area contributed by atoms with E-state index >= 15 is 0 Å². The molecule has 1 aliphatic rings. The predicted molar refractivity (Wildman–Crippen MR) is 98.6 cm³/mol. The van der Waals surface area contributed by atoms with E-state index in [-0.39, 0.29) is 0 Å². The topological polar surface area (TPSA) is 43.4 Å². The molecule has 1 rings (SSSR count). The molecule has 0 radical (unpaired) electrons. The summed E-state index contributed by atoms with van der Waals surface area (Å²) < 4.78 is 4.59. The van der Waals surface area contributed by atoms with E-state index in [4.69, 9.17) is 0 Å². The normalized spacial score (nSPS) is 14.9. The van der Waals surface area contributed by atoms with Crippen molar-refractivity contribution in [2.45, 2.75) is 97.3 Å². The minimum atomic E-state index is -0.467. The predicted octanol–water partition coefficient (Wildman–Crippen LogP) is 6.03. The van der Waals surface area contributed by atoms with Crippen molar-refractivity contribution in [3.63, 3.8) is 0 Å². The molecule has 0 aliphatic carbocycles. The van der Waals surface area contributed by atoms with Gasteiger partial charge >= 0.3 is 11.9 Å². The van der Waals surface area contributed by atoms with Crippen molar-refractivity contribution in [3.8, 4) is 0 Å². The lowest BCUT2D eigenvalue weighted by Gasteiger charge is -2.00. The fourth-order valence-electron chi connectivity index (χ4n) is 2.98. The first-order valence-corrected chi connectivity index (χ1v) is 9.78. The molecule has 0 fully saturated rings. The summed E-state index contributed by atoms with van der Waals surface area (Å²) in [5, 5.41) is 0. The zero-order chi connectivity index (χ0) is 17.6. The summed E-state index contributed by atoms with van der Waals surface area (Å²) in [6.07, 6.45) is 20.3. The molecular weight excluding hydrogens is 300 g/mol. The fraction of sp³-hybridized carbons (Fsp3) is 0.714. The van der Waals surface area contributed by atoms with Crippen LogP contribution >= 0.6 is 0 Å². The average molecular weight is 335 g/mol. The minimum absolute atomic E-state index is 0.435. The van der Waals surface area contributed by atoms with Crippen LogP contribution in [0, 0.1) is 0 Å². The van der Waals surface area contributed by atoms with Crippen LogP contribution in [0.15, 0.2) is 23.3 Å². The van der Waals surface area contributed by atoms with E-state index in [1.165, 1.54) is 57.8 Å². The molecule has 0 aromatic carbocycles. The van der Waals surface area contributed by atoms with Crippen LogP contribution in [0.4, 0.5) is 0 Å². The van der Waals surface area contributed by atoms with Crippen LogP contribution in [0.1, 0.15) is 97.3 Å². The van der Waals surface area contributed by atoms with Gasteiger partial charge < -0.3 is 4.74 Å². The maximum Gasteiger partial charge on any atom is 0.342 e. The van der Waals surface area contributed by atoms with Gasteiger partial charge in [-0.05, 0) is 45.4 Å². The SMILES string of the molecule is CCCCCCCCC=CCCCCCCC1=C(C)C(=O)OC1=O. The Labute approximate surface area is 147 Å². The molecule has 0 spiro atoms. The molecule has 1 heterocycles. The number of carbonyl (C=O) groups excluding carboxylic acids is 2. The van der Waals surface area contributed by atoms with Crippen LogP contribution in [0.2, 0.25) is 0 Å². The second-order valence-corrected chi connectivity index (χ2v) is 6.76. The summed E-state index contributed by atoms with van der Waals surface area (Å²) >= 11 is 0. The van der Waals surface area contributed by atoms with Gasteiger partial charge in [-0.25, -0.2) is 9.59 Å². The lowest BCUT2D eigenvalue weighted by Crippen LogP contribution is -2.01. The number of hydrogen-bond acceptors (Lipinski definition) is 3. The van der Waals surface area contributed by atoms with Gasteiger partial charge in [0, 0.05) is 11.1 Å². The molecule has 0 saturated heterocycles. The molecule has 0 amide bonds. The molecule has 136 valence electrons. The Bertz CT molecular complexity index is 446. The number of ether oxygens (including phenoxy) is 1. The van der Waals surface area contributed by atoms with E-state index in [1.807, 2.05) is 0 Å². The summed E-state index contributed by atoms with van der Waals surface area (Å²) in [5.41, 5.74) is 1.08. The second kappa shape index (κ2) is 13.0. The second-order valence-electron chi connectivity index (χ2n) is 6.76. The van der Waals surface area contributed by atoms with E-state index in [9.17, 15) is 9.59 Å². The summed E-state index contributed by atoms with van der Waals surface area (Å²) in [7, 11) is 0. The average Bonchev–Trinajstić information content (AvgIpc) is 2.81. The van der Waals surface area contributed by atoms with Crippen molar-refractivity contribution >= 4 is 11.9 Å². The zero-order valence-corrected chi connectivity index (χ0v) is 15.6. The number of rotatable bonds is 14. The number of allylic oxidation sites excluding steroid dienone is 2. The Balaban J connectivity index is 1.91. The summed E-state index contributed by atoms with van der Waals surface area (Å²) in [5.74, 6) is -0.902. The highest BCUT2D eigenvalue weighted by Gasteiger charge is 2.28. The monoisotopic (exact) mass is 334 g/mol. The highest BCUT2D eigenvalue weighted by atomic mass is 16.6. The maximum absolute atomic E-state index is 11.5. The number of cyclic esters (lactones) is 2. The van der Waals surface area contributed by atoms with Gasteiger partial charge in [-0.3, -0.25) is 0 Å². The molecule has 24 heavy (non-hydrogen) atoms. The third-order valence-electron chi connectivity index (χ3n) is 4.63. The van der Waals surface area contributed by atoms with Gasteiger partial charge in [0.2, 0.25) is 0 Å². The molecule has 0 unspecified atom stereocenters. The van der Waals surface area contributed by atoms with E-state index in [0.29, 0.717) is 17.6 Å². The lowest BCUT2D eigenvalue weighted by atomic mass is 10.0. The highest BCUT2D eigenvalue weighted by molar-refractivity contribution is 6.11. The van der Waals surface area contributed by atoms with Gasteiger partial charge in [0.1, 0.15) is 0 Å². The number of esters is 2. The Morgan fingerprint density at radius 3 is 1.83 bits per heavy atom. The molecule has 1 aliphatic heterocycles. The van der Waals surface area contributed by atoms with Crippen LogP contribution in [0.25, 0.3) is 0 Å². The first kappa shape index (κ1) is 20.7. The molecule has 0 N–H and O–H groups in total. The van der Waals surface area contributed by atoms with Crippen LogP contribution in [-0.4, -0.2) is 11.9 Å². The third kappa shape index (κ3) is 8.47. The van der Waals surface area contributed by atoms with Crippen molar-refractivity contribution in [3.05, 3.63) is 23.3 Å².